The Morgan fingerprint density at radius 2 is 1.49 bits per heavy atom. The Kier molecular flexibility index (Phi) is 7.13. The number of para-hydroxylation sites is 1. The number of ether oxygens (including phenoxy) is 1. The summed E-state index contributed by atoms with van der Waals surface area (Å²) in [6.07, 6.45) is 0. The van der Waals surface area contributed by atoms with E-state index in [9.17, 15) is 14.4 Å². The summed E-state index contributed by atoms with van der Waals surface area (Å²) in [6, 6.07) is 26.9. The smallest absolute Gasteiger partial charge is 0.355 e. The van der Waals surface area contributed by atoms with Gasteiger partial charge >= 0.3 is 11.7 Å². The molecule has 194 valence electrons. The summed E-state index contributed by atoms with van der Waals surface area (Å²) < 4.78 is 6.78. The summed E-state index contributed by atoms with van der Waals surface area (Å²) in [6.45, 7) is 3.60. The highest BCUT2D eigenvalue weighted by atomic mass is 16.5. The fourth-order valence-corrected chi connectivity index (χ4v) is 4.39. The molecule has 2 aromatic heterocycles. The Balaban J connectivity index is 1.82. The topological polar surface area (TPSA) is 115 Å². The number of nitrogens with one attached hydrogen (secondary N) is 2. The lowest BCUT2D eigenvalue weighted by Gasteiger charge is -2.20. The zero-order valence-electron chi connectivity index (χ0n) is 21.3. The molecular weight excluding hydrogens is 494 g/mol. The van der Waals surface area contributed by atoms with E-state index in [1.807, 2.05) is 36.4 Å². The van der Waals surface area contributed by atoms with Gasteiger partial charge in [-0.25, -0.2) is 19.1 Å². The number of hydrogen-bond acceptors (Lipinski definition) is 7. The summed E-state index contributed by atoms with van der Waals surface area (Å²) in [5.74, 6) is -0.937. The monoisotopic (exact) mass is 519 g/mol. The minimum absolute atomic E-state index is 0.0448. The van der Waals surface area contributed by atoms with Crippen LogP contribution in [0.4, 0.5) is 5.82 Å². The third-order valence-electron chi connectivity index (χ3n) is 6.09. The van der Waals surface area contributed by atoms with Crippen molar-refractivity contribution in [3.8, 4) is 16.8 Å². The predicted octanol–water partition coefficient (Wildman–Crippen LogP) is 4.69. The minimum atomic E-state index is -0.611. The summed E-state index contributed by atoms with van der Waals surface area (Å²) in [7, 11) is 0. The Bertz CT molecular complexity index is 1720. The van der Waals surface area contributed by atoms with Crippen LogP contribution in [0.25, 0.3) is 27.8 Å². The Morgan fingerprint density at radius 1 is 0.872 bits per heavy atom. The number of amides is 1. The standard InChI is InChI=1S/C30H25N5O4/c1-3-39-29(37)23-19(2)31-27-25(24(23)20-13-7-4-8-14-20)26(33-34-28(36)21-15-9-5-10-16-21)32-30(38)35(27)22-17-11-6-12-18-22/h4-18H,3H2,1-2H3,(H,34,36)(H,32,33,38). The fraction of sp³-hybridized carbons (Fsp3) is 0.100. The molecule has 0 atom stereocenters. The second-order valence-electron chi connectivity index (χ2n) is 8.59. The number of pyridine rings is 1. The Hall–Kier alpha value is -5.31. The van der Waals surface area contributed by atoms with Gasteiger partial charge in [0.05, 0.1) is 28.9 Å². The summed E-state index contributed by atoms with van der Waals surface area (Å²) in [4.78, 5) is 48.5. The molecule has 0 saturated heterocycles. The molecule has 0 bridgehead atoms. The zero-order valence-corrected chi connectivity index (χ0v) is 21.3. The van der Waals surface area contributed by atoms with Crippen LogP contribution in [-0.2, 0) is 4.74 Å². The summed E-state index contributed by atoms with van der Waals surface area (Å²) in [5, 5.41) is 0.367. The molecule has 0 spiro atoms. The van der Waals surface area contributed by atoms with Crippen molar-refractivity contribution in [2.45, 2.75) is 13.8 Å². The van der Waals surface area contributed by atoms with Gasteiger partial charge in [-0.3, -0.25) is 15.6 Å². The molecule has 0 radical (unpaired) electrons. The number of hydrazine groups is 1. The molecule has 5 aromatic rings. The lowest BCUT2D eigenvalue weighted by atomic mass is 9.95. The van der Waals surface area contributed by atoms with Crippen molar-refractivity contribution < 1.29 is 14.3 Å². The number of hydrogen-bond donors (Lipinski definition) is 2. The van der Waals surface area contributed by atoms with Crippen LogP contribution in [0.3, 0.4) is 0 Å². The highest BCUT2D eigenvalue weighted by Gasteiger charge is 2.26. The van der Waals surface area contributed by atoms with Gasteiger partial charge in [-0.2, -0.15) is 4.98 Å². The molecule has 0 aliphatic rings. The molecule has 1 amide bonds. The van der Waals surface area contributed by atoms with E-state index in [2.05, 4.69) is 15.8 Å². The lowest BCUT2D eigenvalue weighted by molar-refractivity contribution is 0.0526. The van der Waals surface area contributed by atoms with Gasteiger partial charge in [-0.15, -0.1) is 0 Å². The first-order valence-electron chi connectivity index (χ1n) is 12.4. The van der Waals surface area contributed by atoms with E-state index in [4.69, 9.17) is 9.72 Å². The van der Waals surface area contributed by atoms with Crippen molar-refractivity contribution in [1.82, 2.24) is 20.0 Å². The first-order valence-corrected chi connectivity index (χ1v) is 12.4. The number of anilines is 1. The first kappa shape index (κ1) is 25.3. The molecule has 2 N–H and O–H groups in total. The van der Waals surface area contributed by atoms with Crippen molar-refractivity contribution in [2.24, 2.45) is 0 Å². The molecule has 5 rings (SSSR count). The van der Waals surface area contributed by atoms with E-state index in [1.165, 1.54) is 4.57 Å². The normalized spacial score (nSPS) is 10.7. The molecule has 0 fully saturated rings. The average molecular weight is 520 g/mol. The number of rotatable bonds is 7. The van der Waals surface area contributed by atoms with Gasteiger partial charge in [0.2, 0.25) is 0 Å². The average Bonchev–Trinajstić information content (AvgIpc) is 2.96. The van der Waals surface area contributed by atoms with E-state index in [1.54, 1.807) is 68.4 Å². The van der Waals surface area contributed by atoms with Crippen LogP contribution in [0.5, 0.6) is 0 Å². The van der Waals surface area contributed by atoms with Crippen LogP contribution in [0.2, 0.25) is 0 Å². The van der Waals surface area contributed by atoms with Crippen LogP contribution < -0.4 is 16.5 Å². The predicted molar refractivity (Wildman–Crippen MR) is 149 cm³/mol. The van der Waals surface area contributed by atoms with Gasteiger partial charge in [-0.1, -0.05) is 66.7 Å². The number of aryl methyl sites for hydroxylation is 1. The second kappa shape index (κ2) is 11.0. The lowest BCUT2D eigenvalue weighted by Crippen LogP contribution is -2.33. The fourth-order valence-electron chi connectivity index (χ4n) is 4.39. The van der Waals surface area contributed by atoms with Gasteiger partial charge in [0, 0.05) is 11.1 Å². The van der Waals surface area contributed by atoms with E-state index >= 15 is 0 Å². The summed E-state index contributed by atoms with van der Waals surface area (Å²) in [5.41, 5.74) is 7.85. The number of benzene rings is 3. The number of fused-ring (bicyclic) bond motifs is 1. The molecule has 9 nitrogen and oxygen atoms in total. The van der Waals surface area contributed by atoms with Gasteiger partial charge in [0.1, 0.15) is 0 Å². The maximum atomic E-state index is 13.4. The van der Waals surface area contributed by atoms with Crippen molar-refractivity contribution in [2.75, 3.05) is 12.0 Å². The van der Waals surface area contributed by atoms with E-state index < -0.39 is 17.6 Å². The van der Waals surface area contributed by atoms with Crippen LogP contribution in [0, 0.1) is 6.92 Å². The highest BCUT2D eigenvalue weighted by molar-refractivity contribution is 6.11. The minimum Gasteiger partial charge on any atom is -0.462 e. The van der Waals surface area contributed by atoms with Crippen molar-refractivity contribution >= 4 is 28.7 Å². The molecule has 3 aromatic carbocycles. The molecular formula is C30H25N5O4. The molecule has 0 saturated carbocycles. The van der Waals surface area contributed by atoms with E-state index in [-0.39, 0.29) is 23.6 Å². The number of carbonyl (C=O) groups is 2. The largest absolute Gasteiger partial charge is 0.462 e. The molecule has 0 aliphatic heterocycles. The molecule has 0 unspecified atom stereocenters. The Morgan fingerprint density at radius 3 is 2.13 bits per heavy atom. The van der Waals surface area contributed by atoms with Gasteiger partial charge in [0.25, 0.3) is 5.91 Å². The van der Waals surface area contributed by atoms with Crippen LogP contribution in [0.1, 0.15) is 33.3 Å². The van der Waals surface area contributed by atoms with Crippen molar-refractivity contribution in [1.29, 1.82) is 0 Å². The molecule has 39 heavy (non-hydrogen) atoms. The van der Waals surface area contributed by atoms with Crippen LogP contribution >= 0.6 is 0 Å². The van der Waals surface area contributed by atoms with E-state index in [0.29, 0.717) is 33.5 Å². The number of esters is 1. The van der Waals surface area contributed by atoms with Gasteiger partial charge in [-0.05, 0) is 43.7 Å². The van der Waals surface area contributed by atoms with Crippen molar-refractivity contribution in [3.05, 3.63) is 118 Å². The number of aromatic nitrogens is 3. The highest BCUT2D eigenvalue weighted by Crippen LogP contribution is 2.36. The maximum absolute atomic E-state index is 13.4. The Labute approximate surface area is 224 Å². The number of carbonyl (C=O) groups excluding carboxylic acids is 2. The SMILES string of the molecule is CCOC(=O)c1c(C)nc2c(c(NNC(=O)c3ccccc3)nc(=O)n2-c2ccccc2)c1-c1ccccc1. The maximum Gasteiger partial charge on any atom is 0.355 e. The third kappa shape index (κ3) is 4.97. The molecule has 0 aliphatic carbocycles. The van der Waals surface area contributed by atoms with Crippen molar-refractivity contribution in [3.63, 3.8) is 0 Å². The third-order valence-corrected chi connectivity index (χ3v) is 6.09. The van der Waals surface area contributed by atoms with Gasteiger partial charge < -0.3 is 4.74 Å². The van der Waals surface area contributed by atoms with E-state index in [0.717, 1.165) is 0 Å². The quantitative estimate of drug-likeness (QED) is 0.237. The second-order valence-corrected chi connectivity index (χ2v) is 8.59. The van der Waals surface area contributed by atoms with Gasteiger partial charge in [0.15, 0.2) is 11.5 Å². The van der Waals surface area contributed by atoms with Crippen LogP contribution in [0.15, 0.2) is 95.8 Å². The zero-order chi connectivity index (χ0) is 27.4. The first-order chi connectivity index (χ1) is 19.0. The molecule has 9 heteroatoms. The summed E-state index contributed by atoms with van der Waals surface area (Å²) >= 11 is 0. The van der Waals surface area contributed by atoms with Crippen LogP contribution in [-0.4, -0.2) is 33.0 Å². The molecule has 2 heterocycles. The number of nitrogens with zero attached hydrogens (tertiary/aromatic N) is 3.